The van der Waals surface area contributed by atoms with Gasteiger partial charge >= 0.3 is 0 Å². The summed E-state index contributed by atoms with van der Waals surface area (Å²) in [7, 11) is 1.48. The Morgan fingerprint density at radius 2 is 2.32 bits per heavy atom. The number of ether oxygens (including phenoxy) is 1. The SMILES string of the molecule is CCC1CCNC(/C=C/c2ccc(OC)c(F)c2)C1. The average Bonchev–Trinajstić information content (AvgIpc) is 2.45. The van der Waals surface area contributed by atoms with Crippen molar-refractivity contribution in [1.82, 2.24) is 5.32 Å². The van der Waals surface area contributed by atoms with E-state index in [9.17, 15) is 4.39 Å². The first kappa shape index (κ1) is 14.1. The monoisotopic (exact) mass is 263 g/mol. The number of halogens is 1. The van der Waals surface area contributed by atoms with E-state index in [0.717, 1.165) is 18.0 Å². The van der Waals surface area contributed by atoms with Crippen molar-refractivity contribution in [3.8, 4) is 5.75 Å². The minimum absolute atomic E-state index is 0.291. The molecule has 1 aliphatic rings. The summed E-state index contributed by atoms with van der Waals surface area (Å²) in [6.07, 6.45) is 7.80. The van der Waals surface area contributed by atoms with E-state index in [2.05, 4.69) is 18.3 Å². The van der Waals surface area contributed by atoms with Gasteiger partial charge in [-0.1, -0.05) is 31.6 Å². The maximum absolute atomic E-state index is 13.6. The first-order valence-electron chi connectivity index (χ1n) is 6.98. The molecule has 104 valence electrons. The molecule has 0 bridgehead atoms. The second kappa shape index (κ2) is 6.71. The Morgan fingerprint density at radius 1 is 1.47 bits per heavy atom. The molecule has 1 aromatic rings. The smallest absolute Gasteiger partial charge is 0.165 e. The minimum Gasteiger partial charge on any atom is -0.494 e. The molecule has 3 heteroatoms. The van der Waals surface area contributed by atoms with Gasteiger partial charge in [-0.05, 0) is 43.0 Å². The van der Waals surface area contributed by atoms with Gasteiger partial charge in [-0.25, -0.2) is 4.39 Å². The molecule has 0 aromatic heterocycles. The van der Waals surface area contributed by atoms with Crippen LogP contribution in [0, 0.1) is 11.7 Å². The maximum Gasteiger partial charge on any atom is 0.165 e. The summed E-state index contributed by atoms with van der Waals surface area (Å²) in [5.74, 6) is 0.787. The van der Waals surface area contributed by atoms with E-state index in [1.165, 1.54) is 32.4 Å². The molecule has 2 atom stereocenters. The van der Waals surface area contributed by atoms with Crippen LogP contribution in [0.5, 0.6) is 5.75 Å². The van der Waals surface area contributed by atoms with Crippen LogP contribution in [0.2, 0.25) is 0 Å². The number of rotatable bonds is 4. The normalized spacial score (nSPS) is 23.7. The van der Waals surface area contributed by atoms with Crippen LogP contribution in [0.3, 0.4) is 0 Å². The molecule has 0 amide bonds. The molecule has 2 unspecified atom stereocenters. The van der Waals surface area contributed by atoms with Gasteiger partial charge in [0.25, 0.3) is 0 Å². The molecule has 1 fully saturated rings. The lowest BCUT2D eigenvalue weighted by Gasteiger charge is -2.27. The Balaban J connectivity index is 2.00. The molecule has 19 heavy (non-hydrogen) atoms. The average molecular weight is 263 g/mol. The molecule has 1 saturated heterocycles. The Morgan fingerprint density at radius 3 is 3.00 bits per heavy atom. The van der Waals surface area contributed by atoms with E-state index in [1.54, 1.807) is 6.07 Å². The Kier molecular flexibility index (Phi) is 4.97. The van der Waals surface area contributed by atoms with Crippen LogP contribution in [0.15, 0.2) is 24.3 Å². The van der Waals surface area contributed by atoms with Crippen LogP contribution in [0.1, 0.15) is 31.7 Å². The van der Waals surface area contributed by atoms with Crippen LogP contribution in [0.25, 0.3) is 6.08 Å². The number of methoxy groups -OCH3 is 1. The van der Waals surface area contributed by atoms with Crippen LogP contribution in [-0.4, -0.2) is 19.7 Å². The van der Waals surface area contributed by atoms with Crippen LogP contribution in [0.4, 0.5) is 4.39 Å². The van der Waals surface area contributed by atoms with E-state index in [1.807, 2.05) is 12.1 Å². The lowest BCUT2D eigenvalue weighted by Crippen LogP contribution is -2.36. The zero-order chi connectivity index (χ0) is 13.7. The Hall–Kier alpha value is -1.35. The standard InChI is InChI=1S/C16H22FNO/c1-3-12-8-9-18-14(10-12)6-4-13-5-7-16(19-2)15(17)11-13/h4-7,11-12,14,18H,3,8-10H2,1-2H3/b6-4+. The summed E-state index contributed by atoms with van der Waals surface area (Å²) < 4.78 is 18.5. The van der Waals surface area contributed by atoms with E-state index in [4.69, 9.17) is 4.74 Å². The Bertz CT molecular complexity index is 444. The molecule has 0 aliphatic carbocycles. The zero-order valence-corrected chi connectivity index (χ0v) is 11.7. The molecule has 1 heterocycles. The number of piperidine rings is 1. The third kappa shape index (κ3) is 3.80. The third-order valence-electron chi connectivity index (χ3n) is 3.82. The van der Waals surface area contributed by atoms with Crippen molar-refractivity contribution in [3.63, 3.8) is 0 Å². The Labute approximate surface area is 114 Å². The largest absolute Gasteiger partial charge is 0.494 e. The van der Waals surface area contributed by atoms with Crippen molar-refractivity contribution in [2.45, 2.75) is 32.2 Å². The second-order valence-electron chi connectivity index (χ2n) is 5.11. The predicted octanol–water partition coefficient (Wildman–Crippen LogP) is 3.63. The fraction of sp³-hybridized carbons (Fsp3) is 0.500. The second-order valence-corrected chi connectivity index (χ2v) is 5.11. The van der Waals surface area contributed by atoms with Gasteiger partial charge in [-0.15, -0.1) is 0 Å². The molecule has 0 saturated carbocycles. The molecule has 1 aliphatic heterocycles. The first-order chi connectivity index (χ1) is 9.22. The minimum atomic E-state index is -0.312. The van der Waals surface area contributed by atoms with Gasteiger partial charge in [-0.3, -0.25) is 0 Å². The van der Waals surface area contributed by atoms with Crippen molar-refractivity contribution in [1.29, 1.82) is 0 Å². The predicted molar refractivity (Wildman–Crippen MR) is 76.8 cm³/mol. The molecule has 2 nitrogen and oxygen atoms in total. The van der Waals surface area contributed by atoms with Gasteiger partial charge in [0, 0.05) is 6.04 Å². The van der Waals surface area contributed by atoms with Gasteiger partial charge in [-0.2, -0.15) is 0 Å². The van der Waals surface area contributed by atoms with Crippen LogP contribution >= 0.6 is 0 Å². The van der Waals surface area contributed by atoms with Gasteiger partial charge in [0.2, 0.25) is 0 Å². The van der Waals surface area contributed by atoms with Gasteiger partial charge < -0.3 is 10.1 Å². The quantitative estimate of drug-likeness (QED) is 0.895. The lowest BCUT2D eigenvalue weighted by atomic mass is 9.90. The van der Waals surface area contributed by atoms with Crippen LogP contribution in [-0.2, 0) is 0 Å². The highest BCUT2D eigenvalue weighted by Gasteiger charge is 2.17. The van der Waals surface area contributed by atoms with Gasteiger partial charge in [0.15, 0.2) is 11.6 Å². The molecular weight excluding hydrogens is 241 g/mol. The molecular formula is C16H22FNO. The van der Waals surface area contributed by atoms with Crippen molar-refractivity contribution in [2.24, 2.45) is 5.92 Å². The highest BCUT2D eigenvalue weighted by molar-refractivity contribution is 5.51. The first-order valence-corrected chi connectivity index (χ1v) is 6.98. The van der Waals surface area contributed by atoms with Crippen molar-refractivity contribution < 1.29 is 9.13 Å². The number of hydrogen-bond donors (Lipinski definition) is 1. The van der Waals surface area contributed by atoms with E-state index in [-0.39, 0.29) is 5.82 Å². The molecule has 1 N–H and O–H groups in total. The number of nitrogens with one attached hydrogen (secondary N) is 1. The summed E-state index contributed by atoms with van der Waals surface area (Å²) in [6.45, 7) is 3.32. The lowest BCUT2D eigenvalue weighted by molar-refractivity contribution is 0.326. The van der Waals surface area contributed by atoms with Gasteiger partial charge in [0.05, 0.1) is 7.11 Å². The zero-order valence-electron chi connectivity index (χ0n) is 11.7. The van der Waals surface area contributed by atoms with Crippen molar-refractivity contribution in [2.75, 3.05) is 13.7 Å². The summed E-state index contributed by atoms with van der Waals surface area (Å²) in [5, 5.41) is 3.49. The van der Waals surface area contributed by atoms with E-state index in [0.29, 0.717) is 11.8 Å². The topological polar surface area (TPSA) is 21.3 Å². The van der Waals surface area contributed by atoms with E-state index < -0.39 is 0 Å². The highest BCUT2D eigenvalue weighted by atomic mass is 19.1. The highest BCUT2D eigenvalue weighted by Crippen LogP contribution is 2.22. The summed E-state index contributed by atoms with van der Waals surface area (Å²) in [6, 6.07) is 5.45. The van der Waals surface area contributed by atoms with E-state index >= 15 is 0 Å². The van der Waals surface area contributed by atoms with Crippen molar-refractivity contribution in [3.05, 3.63) is 35.7 Å². The summed E-state index contributed by atoms with van der Waals surface area (Å²) in [5.41, 5.74) is 0.874. The van der Waals surface area contributed by atoms with Crippen LogP contribution < -0.4 is 10.1 Å². The maximum atomic E-state index is 13.6. The summed E-state index contributed by atoms with van der Waals surface area (Å²) in [4.78, 5) is 0. The van der Waals surface area contributed by atoms with Crippen molar-refractivity contribution >= 4 is 6.08 Å². The molecule has 2 rings (SSSR count). The molecule has 1 aromatic carbocycles. The molecule has 0 radical (unpaired) electrons. The fourth-order valence-corrected chi connectivity index (χ4v) is 2.56. The molecule has 0 spiro atoms. The number of benzene rings is 1. The third-order valence-corrected chi connectivity index (χ3v) is 3.82. The fourth-order valence-electron chi connectivity index (χ4n) is 2.56. The summed E-state index contributed by atoms with van der Waals surface area (Å²) >= 11 is 0. The number of hydrogen-bond acceptors (Lipinski definition) is 2. The van der Waals surface area contributed by atoms with Gasteiger partial charge in [0.1, 0.15) is 0 Å².